The molecule has 1 aliphatic heterocycles. The number of hydroxylamine groups is 2. The van der Waals surface area contributed by atoms with Crippen LogP contribution in [0.2, 0.25) is 0 Å². The van der Waals surface area contributed by atoms with Crippen LogP contribution in [0.25, 0.3) is 0 Å². The first-order chi connectivity index (χ1) is 7.79. The summed E-state index contributed by atoms with van der Waals surface area (Å²) < 4.78 is 10.9. The highest BCUT2D eigenvalue weighted by Gasteiger charge is 2.45. The lowest BCUT2D eigenvalue weighted by molar-refractivity contribution is -0.261. The summed E-state index contributed by atoms with van der Waals surface area (Å²) in [5.41, 5.74) is -0.457. The highest BCUT2D eigenvalue weighted by molar-refractivity contribution is 4.96. The zero-order valence-corrected chi connectivity index (χ0v) is 11.8. The summed E-state index contributed by atoms with van der Waals surface area (Å²) in [7, 11) is 1.70. The minimum atomic E-state index is -0.228. The molecular formula is C13H27NO3. The van der Waals surface area contributed by atoms with E-state index in [4.69, 9.17) is 9.47 Å². The number of hydrogen-bond acceptors (Lipinski definition) is 4. The van der Waals surface area contributed by atoms with Gasteiger partial charge in [0.05, 0.1) is 6.10 Å². The van der Waals surface area contributed by atoms with Crippen molar-refractivity contribution in [1.82, 2.24) is 5.06 Å². The van der Waals surface area contributed by atoms with Gasteiger partial charge in [0.25, 0.3) is 0 Å². The zero-order valence-electron chi connectivity index (χ0n) is 11.8. The molecule has 0 bridgehead atoms. The van der Waals surface area contributed by atoms with E-state index in [1.165, 1.54) is 5.06 Å². The zero-order chi connectivity index (χ0) is 13.1. The molecule has 1 N–H and O–H groups in total. The van der Waals surface area contributed by atoms with Gasteiger partial charge in [-0.2, -0.15) is 5.06 Å². The Labute approximate surface area is 105 Å². The Kier molecular flexibility index (Phi) is 4.95. The molecule has 0 unspecified atom stereocenters. The molecule has 0 radical (unpaired) electrons. The first kappa shape index (κ1) is 14.9. The Morgan fingerprint density at radius 1 is 1.12 bits per heavy atom. The van der Waals surface area contributed by atoms with E-state index < -0.39 is 0 Å². The van der Waals surface area contributed by atoms with E-state index in [1.807, 2.05) is 0 Å². The van der Waals surface area contributed by atoms with Gasteiger partial charge in [-0.3, -0.25) is 0 Å². The maximum Gasteiger partial charge on any atom is 0.0611 e. The van der Waals surface area contributed by atoms with Crippen molar-refractivity contribution in [3.8, 4) is 0 Å². The Balaban J connectivity index is 2.48. The number of methoxy groups -OCH3 is 1. The third kappa shape index (κ3) is 3.91. The topological polar surface area (TPSA) is 41.9 Å². The van der Waals surface area contributed by atoms with Gasteiger partial charge in [0.2, 0.25) is 0 Å². The predicted molar refractivity (Wildman–Crippen MR) is 67.3 cm³/mol. The minimum absolute atomic E-state index is 0.222. The van der Waals surface area contributed by atoms with Gasteiger partial charge in [-0.1, -0.05) is 0 Å². The summed E-state index contributed by atoms with van der Waals surface area (Å²) in [5, 5.41) is 11.6. The lowest BCUT2D eigenvalue weighted by atomic mass is 9.80. The van der Waals surface area contributed by atoms with Crippen LogP contribution in [0.5, 0.6) is 0 Å². The van der Waals surface area contributed by atoms with Crippen LogP contribution in [0.4, 0.5) is 0 Å². The molecule has 0 aromatic rings. The molecule has 0 aliphatic carbocycles. The molecule has 1 rings (SSSR count). The van der Waals surface area contributed by atoms with Gasteiger partial charge < -0.3 is 14.7 Å². The van der Waals surface area contributed by atoms with Crippen molar-refractivity contribution in [2.75, 3.05) is 20.3 Å². The van der Waals surface area contributed by atoms with Crippen LogP contribution in [-0.2, 0) is 9.47 Å². The van der Waals surface area contributed by atoms with Gasteiger partial charge in [-0.05, 0) is 47.0 Å². The lowest BCUT2D eigenvalue weighted by Crippen LogP contribution is -2.60. The van der Waals surface area contributed by atoms with Crippen molar-refractivity contribution >= 4 is 0 Å². The molecular weight excluding hydrogens is 218 g/mol. The van der Waals surface area contributed by atoms with Crippen molar-refractivity contribution < 1.29 is 14.7 Å². The van der Waals surface area contributed by atoms with E-state index >= 15 is 0 Å². The van der Waals surface area contributed by atoms with Crippen LogP contribution >= 0.6 is 0 Å². The molecule has 0 spiro atoms. The van der Waals surface area contributed by atoms with E-state index in [0.717, 1.165) is 32.5 Å². The van der Waals surface area contributed by atoms with Crippen molar-refractivity contribution in [2.45, 2.75) is 64.1 Å². The van der Waals surface area contributed by atoms with Gasteiger partial charge in [-0.25, -0.2) is 0 Å². The van der Waals surface area contributed by atoms with Crippen LogP contribution < -0.4 is 0 Å². The van der Waals surface area contributed by atoms with Crippen LogP contribution in [0.1, 0.15) is 47.0 Å². The number of ether oxygens (including phenoxy) is 2. The first-order valence-corrected chi connectivity index (χ1v) is 6.39. The molecule has 0 aromatic carbocycles. The molecule has 4 heteroatoms. The highest BCUT2D eigenvalue weighted by atomic mass is 16.5. The fraction of sp³-hybridized carbons (Fsp3) is 1.00. The third-order valence-corrected chi connectivity index (χ3v) is 3.45. The van der Waals surface area contributed by atoms with E-state index in [1.54, 1.807) is 7.11 Å². The monoisotopic (exact) mass is 245 g/mol. The van der Waals surface area contributed by atoms with E-state index in [0.29, 0.717) is 0 Å². The van der Waals surface area contributed by atoms with Crippen molar-refractivity contribution in [3.05, 3.63) is 0 Å². The SMILES string of the molecule is COCCCOC1CC(C)(C)N(O)C(C)(C)C1. The van der Waals surface area contributed by atoms with E-state index in [-0.39, 0.29) is 17.2 Å². The minimum Gasteiger partial charge on any atom is -0.385 e. The molecule has 1 saturated heterocycles. The summed E-state index contributed by atoms with van der Waals surface area (Å²) >= 11 is 0. The normalized spacial score (nSPS) is 25.1. The number of nitrogens with zero attached hydrogens (tertiary/aromatic N) is 1. The van der Waals surface area contributed by atoms with Gasteiger partial charge >= 0.3 is 0 Å². The molecule has 0 amide bonds. The Morgan fingerprint density at radius 3 is 2.12 bits per heavy atom. The van der Waals surface area contributed by atoms with Gasteiger partial charge in [-0.15, -0.1) is 0 Å². The third-order valence-electron chi connectivity index (χ3n) is 3.45. The fourth-order valence-electron chi connectivity index (χ4n) is 2.75. The van der Waals surface area contributed by atoms with Crippen molar-refractivity contribution in [3.63, 3.8) is 0 Å². The van der Waals surface area contributed by atoms with Gasteiger partial charge in [0.15, 0.2) is 0 Å². The second-order valence-corrected chi connectivity index (χ2v) is 6.18. The second-order valence-electron chi connectivity index (χ2n) is 6.18. The summed E-state index contributed by atoms with van der Waals surface area (Å²) in [6.07, 6.45) is 2.87. The molecule has 1 heterocycles. The molecule has 0 aromatic heterocycles. The molecule has 4 nitrogen and oxygen atoms in total. The van der Waals surface area contributed by atoms with Crippen molar-refractivity contribution in [1.29, 1.82) is 0 Å². The maximum atomic E-state index is 10.1. The first-order valence-electron chi connectivity index (χ1n) is 6.39. The molecule has 102 valence electrons. The molecule has 1 fully saturated rings. The molecule has 17 heavy (non-hydrogen) atoms. The van der Waals surface area contributed by atoms with Crippen LogP contribution in [0, 0.1) is 0 Å². The Bertz CT molecular complexity index is 223. The van der Waals surface area contributed by atoms with Crippen LogP contribution in [0.15, 0.2) is 0 Å². The van der Waals surface area contributed by atoms with E-state index in [2.05, 4.69) is 27.7 Å². The van der Waals surface area contributed by atoms with E-state index in [9.17, 15) is 5.21 Å². The summed E-state index contributed by atoms with van der Waals surface area (Å²) in [6, 6.07) is 0. The summed E-state index contributed by atoms with van der Waals surface area (Å²) in [4.78, 5) is 0. The van der Waals surface area contributed by atoms with Crippen molar-refractivity contribution in [2.24, 2.45) is 0 Å². The average molecular weight is 245 g/mol. The maximum absolute atomic E-state index is 10.1. The van der Waals surface area contributed by atoms with Gasteiger partial charge in [0, 0.05) is 31.4 Å². The van der Waals surface area contributed by atoms with Gasteiger partial charge in [0.1, 0.15) is 0 Å². The molecule has 0 atom stereocenters. The lowest BCUT2D eigenvalue weighted by Gasteiger charge is -2.51. The summed E-state index contributed by atoms with van der Waals surface area (Å²) in [6.45, 7) is 9.69. The molecule has 0 saturated carbocycles. The molecule has 1 aliphatic rings. The Hall–Kier alpha value is -0.160. The smallest absolute Gasteiger partial charge is 0.0611 e. The van der Waals surface area contributed by atoms with Crippen LogP contribution in [0.3, 0.4) is 0 Å². The number of piperidine rings is 1. The second kappa shape index (κ2) is 5.65. The number of rotatable bonds is 5. The highest BCUT2D eigenvalue weighted by Crippen LogP contribution is 2.37. The Morgan fingerprint density at radius 2 is 1.65 bits per heavy atom. The number of hydrogen-bond donors (Lipinski definition) is 1. The quantitative estimate of drug-likeness (QED) is 0.755. The van der Waals surface area contributed by atoms with Crippen LogP contribution in [-0.4, -0.2) is 47.8 Å². The average Bonchev–Trinajstić information content (AvgIpc) is 2.20. The standard InChI is InChI=1S/C13H27NO3/c1-12(2)9-11(17-8-6-7-16-5)10-13(3,4)14(12)15/h11,15H,6-10H2,1-5H3. The predicted octanol–water partition coefficient (Wildman–Crippen LogP) is 2.45. The fourth-order valence-corrected chi connectivity index (χ4v) is 2.75. The summed E-state index contributed by atoms with van der Waals surface area (Å²) in [5.74, 6) is 0. The largest absolute Gasteiger partial charge is 0.385 e.